The maximum Gasteiger partial charge on any atom is 0.231 e. The Balaban J connectivity index is 1.68. The number of fused-ring (bicyclic) bond motifs is 1. The van der Waals surface area contributed by atoms with Gasteiger partial charge in [0.2, 0.25) is 6.79 Å². The fourth-order valence-electron chi connectivity index (χ4n) is 2.18. The first-order valence-corrected chi connectivity index (χ1v) is 6.57. The van der Waals surface area contributed by atoms with Gasteiger partial charge in [0.05, 0.1) is 6.07 Å². The summed E-state index contributed by atoms with van der Waals surface area (Å²) < 4.78 is 10.6. The number of nitrogens with zero attached hydrogens (tertiary/aromatic N) is 1. The van der Waals surface area contributed by atoms with Crippen molar-refractivity contribution < 1.29 is 14.6 Å². The smallest absolute Gasteiger partial charge is 0.231 e. The Hall–Kier alpha value is -2.71. The van der Waals surface area contributed by atoms with Crippen LogP contribution in [0.2, 0.25) is 0 Å². The molecule has 106 valence electrons. The number of nitriles is 1. The van der Waals surface area contributed by atoms with Gasteiger partial charge in [0.15, 0.2) is 11.5 Å². The molecule has 0 radical (unpaired) electrons. The Morgan fingerprint density at radius 2 is 1.90 bits per heavy atom. The SMILES string of the molecule is N#CC(NCc1ccc2c(c1)OCO2)c1ccc(O)cc1. The summed E-state index contributed by atoms with van der Waals surface area (Å²) in [6.07, 6.45) is 0. The molecule has 2 N–H and O–H groups in total. The largest absolute Gasteiger partial charge is 0.508 e. The lowest BCUT2D eigenvalue weighted by Crippen LogP contribution is -2.19. The maximum absolute atomic E-state index is 9.28. The number of hydrogen-bond acceptors (Lipinski definition) is 5. The van der Waals surface area contributed by atoms with Gasteiger partial charge in [-0.15, -0.1) is 0 Å². The van der Waals surface area contributed by atoms with Crippen LogP contribution in [0, 0.1) is 11.3 Å². The Bertz CT molecular complexity index is 677. The minimum atomic E-state index is -0.434. The van der Waals surface area contributed by atoms with Crippen molar-refractivity contribution in [2.24, 2.45) is 0 Å². The normalized spacial score (nSPS) is 13.7. The highest BCUT2D eigenvalue weighted by atomic mass is 16.7. The zero-order valence-electron chi connectivity index (χ0n) is 11.2. The van der Waals surface area contributed by atoms with Crippen molar-refractivity contribution >= 4 is 0 Å². The topological polar surface area (TPSA) is 74.5 Å². The summed E-state index contributed by atoms with van der Waals surface area (Å²) >= 11 is 0. The van der Waals surface area contributed by atoms with Crippen LogP contribution in [-0.4, -0.2) is 11.9 Å². The number of hydrogen-bond donors (Lipinski definition) is 2. The molecule has 1 unspecified atom stereocenters. The molecule has 3 rings (SSSR count). The van der Waals surface area contributed by atoms with Crippen molar-refractivity contribution in [1.82, 2.24) is 5.32 Å². The van der Waals surface area contributed by atoms with Crippen LogP contribution < -0.4 is 14.8 Å². The van der Waals surface area contributed by atoms with Crippen molar-refractivity contribution in [3.05, 3.63) is 53.6 Å². The highest BCUT2D eigenvalue weighted by molar-refractivity contribution is 5.44. The predicted octanol–water partition coefficient (Wildman–Crippen LogP) is 2.48. The number of rotatable bonds is 4. The van der Waals surface area contributed by atoms with E-state index < -0.39 is 6.04 Å². The van der Waals surface area contributed by atoms with Gasteiger partial charge in [0.25, 0.3) is 0 Å². The quantitative estimate of drug-likeness (QED) is 0.901. The number of phenolic OH excluding ortho intramolecular Hbond substituents is 1. The predicted molar refractivity (Wildman–Crippen MR) is 75.9 cm³/mol. The minimum Gasteiger partial charge on any atom is -0.508 e. The van der Waals surface area contributed by atoms with Crippen LogP contribution in [0.25, 0.3) is 0 Å². The van der Waals surface area contributed by atoms with E-state index in [0.29, 0.717) is 6.54 Å². The first-order valence-electron chi connectivity index (χ1n) is 6.57. The lowest BCUT2D eigenvalue weighted by molar-refractivity contribution is 0.174. The Kier molecular flexibility index (Phi) is 3.63. The Labute approximate surface area is 122 Å². The third-order valence-electron chi connectivity index (χ3n) is 3.30. The molecule has 0 aromatic heterocycles. The second-order valence-corrected chi connectivity index (χ2v) is 4.72. The van der Waals surface area contributed by atoms with E-state index in [2.05, 4.69) is 11.4 Å². The van der Waals surface area contributed by atoms with Gasteiger partial charge in [0.1, 0.15) is 11.8 Å². The van der Waals surface area contributed by atoms with Crippen LogP contribution in [-0.2, 0) is 6.54 Å². The van der Waals surface area contributed by atoms with Crippen molar-refractivity contribution in [3.63, 3.8) is 0 Å². The standard InChI is InChI=1S/C16H14N2O3/c17-8-14(12-2-4-13(19)5-3-12)18-9-11-1-6-15-16(7-11)21-10-20-15/h1-7,14,18-19H,9-10H2. The summed E-state index contributed by atoms with van der Waals surface area (Å²) in [5.41, 5.74) is 1.83. The van der Waals surface area contributed by atoms with Crippen molar-refractivity contribution in [2.45, 2.75) is 12.6 Å². The summed E-state index contributed by atoms with van der Waals surface area (Å²) in [6, 6.07) is 14.1. The molecule has 1 aliphatic heterocycles. The van der Waals surface area contributed by atoms with Gasteiger partial charge in [-0.25, -0.2) is 0 Å². The molecule has 0 aliphatic carbocycles. The molecule has 5 nitrogen and oxygen atoms in total. The summed E-state index contributed by atoms with van der Waals surface area (Å²) in [5, 5.41) is 21.7. The average Bonchev–Trinajstić information content (AvgIpc) is 2.97. The van der Waals surface area contributed by atoms with Gasteiger partial charge in [-0.3, -0.25) is 5.32 Å². The summed E-state index contributed by atoms with van der Waals surface area (Å²) in [4.78, 5) is 0. The molecule has 2 aromatic carbocycles. The van der Waals surface area contributed by atoms with E-state index in [1.165, 1.54) is 0 Å². The zero-order valence-corrected chi connectivity index (χ0v) is 11.2. The number of aromatic hydroxyl groups is 1. The van der Waals surface area contributed by atoms with Gasteiger partial charge >= 0.3 is 0 Å². The fourth-order valence-corrected chi connectivity index (χ4v) is 2.18. The highest BCUT2D eigenvalue weighted by Crippen LogP contribution is 2.32. The molecule has 0 bridgehead atoms. The Morgan fingerprint density at radius 3 is 2.67 bits per heavy atom. The van der Waals surface area contributed by atoms with E-state index in [4.69, 9.17) is 9.47 Å². The molecule has 5 heteroatoms. The maximum atomic E-state index is 9.28. The second-order valence-electron chi connectivity index (χ2n) is 4.72. The third-order valence-corrected chi connectivity index (χ3v) is 3.30. The first-order chi connectivity index (χ1) is 10.3. The van der Waals surface area contributed by atoms with E-state index in [0.717, 1.165) is 22.6 Å². The van der Waals surface area contributed by atoms with Crippen LogP contribution in [0.5, 0.6) is 17.2 Å². The van der Waals surface area contributed by atoms with Crippen molar-refractivity contribution in [1.29, 1.82) is 5.26 Å². The second kappa shape index (κ2) is 5.73. The van der Waals surface area contributed by atoms with Crippen LogP contribution in [0.1, 0.15) is 17.2 Å². The van der Waals surface area contributed by atoms with Gasteiger partial charge in [-0.05, 0) is 35.4 Å². The highest BCUT2D eigenvalue weighted by Gasteiger charge is 2.14. The lowest BCUT2D eigenvalue weighted by atomic mass is 10.1. The third kappa shape index (κ3) is 2.91. The van der Waals surface area contributed by atoms with E-state index >= 15 is 0 Å². The molecule has 0 fully saturated rings. The molecule has 0 saturated heterocycles. The number of ether oxygens (including phenoxy) is 2. The average molecular weight is 282 g/mol. The summed E-state index contributed by atoms with van der Waals surface area (Å²) in [6.45, 7) is 0.788. The van der Waals surface area contributed by atoms with Crippen molar-refractivity contribution in [3.8, 4) is 23.3 Å². The number of phenols is 1. The molecule has 0 amide bonds. The van der Waals surface area contributed by atoms with Crippen LogP contribution in [0.15, 0.2) is 42.5 Å². The number of nitrogens with one attached hydrogen (secondary N) is 1. The minimum absolute atomic E-state index is 0.186. The Morgan fingerprint density at radius 1 is 1.14 bits per heavy atom. The van der Waals surface area contributed by atoms with Gasteiger partial charge < -0.3 is 14.6 Å². The molecule has 0 spiro atoms. The summed E-state index contributed by atoms with van der Waals surface area (Å²) in [5.74, 6) is 1.66. The lowest BCUT2D eigenvalue weighted by Gasteiger charge is -2.12. The molecule has 1 atom stereocenters. The fraction of sp³-hybridized carbons (Fsp3) is 0.188. The van der Waals surface area contributed by atoms with Crippen LogP contribution in [0.3, 0.4) is 0 Å². The summed E-state index contributed by atoms with van der Waals surface area (Å²) in [7, 11) is 0. The molecular formula is C16H14N2O3. The van der Waals surface area contributed by atoms with Gasteiger partial charge in [-0.2, -0.15) is 5.26 Å². The van der Waals surface area contributed by atoms with Crippen LogP contribution >= 0.6 is 0 Å². The van der Waals surface area contributed by atoms with Gasteiger partial charge in [0, 0.05) is 6.54 Å². The van der Waals surface area contributed by atoms with E-state index in [9.17, 15) is 10.4 Å². The zero-order chi connectivity index (χ0) is 14.7. The van der Waals surface area contributed by atoms with E-state index in [-0.39, 0.29) is 12.5 Å². The molecule has 21 heavy (non-hydrogen) atoms. The molecule has 2 aromatic rings. The molecule has 1 aliphatic rings. The number of benzene rings is 2. The molecular weight excluding hydrogens is 268 g/mol. The van der Waals surface area contributed by atoms with E-state index in [1.807, 2.05) is 18.2 Å². The monoisotopic (exact) mass is 282 g/mol. The molecule has 0 saturated carbocycles. The van der Waals surface area contributed by atoms with Crippen LogP contribution in [0.4, 0.5) is 0 Å². The first kappa shape index (κ1) is 13.3. The van der Waals surface area contributed by atoms with Crippen molar-refractivity contribution in [2.75, 3.05) is 6.79 Å². The van der Waals surface area contributed by atoms with E-state index in [1.54, 1.807) is 24.3 Å². The van der Waals surface area contributed by atoms with Gasteiger partial charge in [-0.1, -0.05) is 18.2 Å². The molecule has 1 heterocycles.